The fourth-order valence-corrected chi connectivity index (χ4v) is 3.81. The molecule has 0 amide bonds. The van der Waals surface area contributed by atoms with E-state index in [9.17, 15) is 8.42 Å². The molecule has 21 heavy (non-hydrogen) atoms. The second-order valence-electron chi connectivity index (χ2n) is 5.45. The highest BCUT2D eigenvalue weighted by Gasteiger charge is 2.22. The molecule has 0 saturated carbocycles. The van der Waals surface area contributed by atoms with Gasteiger partial charge in [0.2, 0.25) is 10.0 Å². The average Bonchev–Trinajstić information content (AvgIpc) is 2.82. The third-order valence-corrected chi connectivity index (χ3v) is 5.36. The number of hydrogen-bond acceptors (Lipinski definition) is 4. The molecule has 1 aromatic carbocycles. The highest BCUT2D eigenvalue weighted by Crippen LogP contribution is 2.14. The van der Waals surface area contributed by atoms with Gasteiger partial charge in [-0.1, -0.05) is 36.5 Å². The Morgan fingerprint density at radius 3 is 2.62 bits per heavy atom. The molecule has 0 bridgehead atoms. The van der Waals surface area contributed by atoms with Crippen molar-refractivity contribution >= 4 is 27.2 Å². The zero-order valence-electron chi connectivity index (χ0n) is 12.1. The molecule has 0 spiro atoms. The number of rotatable bonds is 6. The zero-order valence-corrected chi connectivity index (χ0v) is 13.7. The Hall–Kier alpha value is -1.02. The van der Waals surface area contributed by atoms with Crippen LogP contribution in [0.4, 0.5) is 0 Å². The molecule has 1 aliphatic rings. The van der Waals surface area contributed by atoms with Gasteiger partial charge in [0.25, 0.3) is 0 Å². The van der Waals surface area contributed by atoms with Crippen LogP contribution in [0.15, 0.2) is 24.3 Å². The van der Waals surface area contributed by atoms with Crippen LogP contribution in [-0.4, -0.2) is 44.5 Å². The minimum atomic E-state index is -3.32. The van der Waals surface area contributed by atoms with Crippen LogP contribution in [0, 0.1) is 0 Å². The molecule has 7 heteroatoms. The topological polar surface area (TPSA) is 75.4 Å². The standard InChI is InChI=1S/C14H21N3O2S2/c1-17-8-2-3-13(17)9-16-21(18,19)10-11-4-6-12(7-5-11)14(15)20/h4-7,13,16H,2-3,8-10H2,1H3,(H2,15,20). The molecule has 0 radical (unpaired) electrons. The number of nitrogens with one attached hydrogen (secondary N) is 1. The van der Waals surface area contributed by atoms with Gasteiger partial charge in [0.15, 0.2) is 0 Å². The molecule has 1 saturated heterocycles. The number of likely N-dealkylation sites (N-methyl/N-ethyl adjacent to an activating group) is 1. The maximum atomic E-state index is 12.1. The van der Waals surface area contributed by atoms with Crippen molar-refractivity contribution in [1.82, 2.24) is 9.62 Å². The third kappa shape index (κ3) is 4.74. The molecule has 1 fully saturated rings. The van der Waals surface area contributed by atoms with Crippen LogP contribution >= 0.6 is 12.2 Å². The Morgan fingerprint density at radius 1 is 1.43 bits per heavy atom. The van der Waals surface area contributed by atoms with Gasteiger partial charge in [-0.3, -0.25) is 0 Å². The zero-order chi connectivity index (χ0) is 15.5. The summed E-state index contributed by atoms with van der Waals surface area (Å²) in [5, 5.41) is 0. The van der Waals surface area contributed by atoms with E-state index in [4.69, 9.17) is 18.0 Å². The molecule has 1 unspecified atom stereocenters. The molecule has 1 heterocycles. The van der Waals surface area contributed by atoms with E-state index >= 15 is 0 Å². The normalized spacial score (nSPS) is 19.8. The van der Waals surface area contributed by atoms with E-state index in [2.05, 4.69) is 9.62 Å². The Bertz CT molecular complexity index is 599. The lowest BCUT2D eigenvalue weighted by atomic mass is 10.1. The van der Waals surface area contributed by atoms with Crippen molar-refractivity contribution in [3.63, 3.8) is 0 Å². The fourth-order valence-electron chi connectivity index (χ4n) is 2.50. The Kier molecular flexibility index (Phi) is 5.32. The predicted octanol–water partition coefficient (Wildman–Crippen LogP) is 0.834. The number of likely N-dealkylation sites (tertiary alicyclic amines) is 1. The van der Waals surface area contributed by atoms with Gasteiger partial charge in [-0.15, -0.1) is 0 Å². The summed E-state index contributed by atoms with van der Waals surface area (Å²) in [6, 6.07) is 7.29. The summed E-state index contributed by atoms with van der Waals surface area (Å²) in [7, 11) is -1.29. The SMILES string of the molecule is CN1CCCC1CNS(=O)(=O)Cc1ccc(C(N)=S)cc1. The van der Waals surface area contributed by atoms with Crippen LogP contribution in [-0.2, 0) is 15.8 Å². The minimum absolute atomic E-state index is 0.0267. The van der Waals surface area contributed by atoms with Crippen molar-refractivity contribution in [3.05, 3.63) is 35.4 Å². The molecule has 2 rings (SSSR count). The van der Waals surface area contributed by atoms with E-state index in [0.29, 0.717) is 17.6 Å². The molecule has 1 aromatic rings. The van der Waals surface area contributed by atoms with Crippen LogP contribution in [0.1, 0.15) is 24.0 Å². The third-order valence-electron chi connectivity index (χ3n) is 3.81. The number of nitrogens with zero attached hydrogens (tertiary/aromatic N) is 1. The number of benzene rings is 1. The number of sulfonamides is 1. The first-order valence-corrected chi connectivity index (χ1v) is 9.00. The Labute approximate surface area is 131 Å². The van der Waals surface area contributed by atoms with Crippen molar-refractivity contribution < 1.29 is 8.42 Å². The van der Waals surface area contributed by atoms with Crippen LogP contribution in [0.25, 0.3) is 0 Å². The molecule has 116 valence electrons. The monoisotopic (exact) mass is 327 g/mol. The Balaban J connectivity index is 1.92. The smallest absolute Gasteiger partial charge is 0.215 e. The quantitative estimate of drug-likeness (QED) is 0.757. The van der Waals surface area contributed by atoms with E-state index in [1.165, 1.54) is 0 Å². The van der Waals surface area contributed by atoms with Crippen LogP contribution in [0.2, 0.25) is 0 Å². The summed E-state index contributed by atoms with van der Waals surface area (Å²) in [4.78, 5) is 2.51. The summed E-state index contributed by atoms with van der Waals surface area (Å²) >= 11 is 4.87. The average molecular weight is 327 g/mol. The Morgan fingerprint density at radius 2 is 2.10 bits per heavy atom. The van der Waals surface area contributed by atoms with Gasteiger partial charge in [0.05, 0.1) is 5.75 Å². The second kappa shape index (κ2) is 6.83. The maximum absolute atomic E-state index is 12.1. The van der Waals surface area contributed by atoms with Gasteiger partial charge in [0, 0.05) is 18.2 Å². The predicted molar refractivity (Wildman–Crippen MR) is 88.6 cm³/mol. The van der Waals surface area contributed by atoms with Gasteiger partial charge in [-0.2, -0.15) is 0 Å². The number of nitrogens with two attached hydrogens (primary N) is 1. The summed E-state index contributed by atoms with van der Waals surface area (Å²) < 4.78 is 26.9. The first-order chi connectivity index (χ1) is 9.87. The van der Waals surface area contributed by atoms with Gasteiger partial charge < -0.3 is 10.6 Å². The van der Waals surface area contributed by atoms with Crippen molar-refractivity contribution in [2.75, 3.05) is 20.1 Å². The summed E-state index contributed by atoms with van der Waals surface area (Å²) in [5.41, 5.74) is 6.98. The van der Waals surface area contributed by atoms with Crippen LogP contribution in [0.3, 0.4) is 0 Å². The van der Waals surface area contributed by atoms with Crippen LogP contribution < -0.4 is 10.5 Å². The van der Waals surface area contributed by atoms with Crippen molar-refractivity contribution in [2.24, 2.45) is 5.73 Å². The molecule has 0 aromatic heterocycles. The van der Waals surface area contributed by atoms with Crippen molar-refractivity contribution in [3.8, 4) is 0 Å². The van der Waals surface area contributed by atoms with E-state index in [1.807, 2.05) is 7.05 Å². The molecular weight excluding hydrogens is 306 g/mol. The fraction of sp³-hybridized carbons (Fsp3) is 0.500. The lowest BCUT2D eigenvalue weighted by Crippen LogP contribution is -2.38. The van der Waals surface area contributed by atoms with Gasteiger partial charge >= 0.3 is 0 Å². The minimum Gasteiger partial charge on any atom is -0.389 e. The lowest BCUT2D eigenvalue weighted by Gasteiger charge is -2.19. The van der Waals surface area contributed by atoms with Gasteiger partial charge in [-0.05, 0) is 32.0 Å². The summed E-state index contributed by atoms with van der Waals surface area (Å²) in [5.74, 6) is -0.0267. The van der Waals surface area contributed by atoms with Crippen molar-refractivity contribution in [1.29, 1.82) is 0 Å². The second-order valence-corrected chi connectivity index (χ2v) is 7.69. The molecule has 5 nitrogen and oxygen atoms in total. The van der Waals surface area contributed by atoms with E-state index in [1.54, 1.807) is 24.3 Å². The first-order valence-electron chi connectivity index (χ1n) is 6.94. The van der Waals surface area contributed by atoms with Gasteiger partial charge in [-0.25, -0.2) is 13.1 Å². The lowest BCUT2D eigenvalue weighted by molar-refractivity contribution is 0.311. The number of hydrogen-bond donors (Lipinski definition) is 2. The number of thiocarbonyl (C=S) groups is 1. The first kappa shape index (κ1) is 16.4. The summed E-state index contributed by atoms with van der Waals surface area (Å²) in [6.45, 7) is 1.51. The van der Waals surface area contributed by atoms with E-state index in [-0.39, 0.29) is 5.75 Å². The molecule has 3 N–H and O–H groups in total. The van der Waals surface area contributed by atoms with Crippen LogP contribution in [0.5, 0.6) is 0 Å². The highest BCUT2D eigenvalue weighted by molar-refractivity contribution is 7.88. The largest absolute Gasteiger partial charge is 0.389 e. The van der Waals surface area contributed by atoms with E-state index < -0.39 is 10.0 Å². The molecule has 1 aliphatic heterocycles. The molecular formula is C14H21N3O2S2. The molecule has 1 atom stereocenters. The van der Waals surface area contributed by atoms with Crippen molar-refractivity contribution in [2.45, 2.75) is 24.6 Å². The maximum Gasteiger partial charge on any atom is 0.215 e. The van der Waals surface area contributed by atoms with E-state index in [0.717, 1.165) is 30.5 Å². The highest BCUT2D eigenvalue weighted by atomic mass is 32.2. The molecule has 0 aliphatic carbocycles. The van der Waals surface area contributed by atoms with Gasteiger partial charge in [0.1, 0.15) is 4.99 Å². The summed E-state index contributed by atoms with van der Waals surface area (Å²) in [6.07, 6.45) is 2.17.